The summed E-state index contributed by atoms with van der Waals surface area (Å²) in [6.07, 6.45) is 0.442. The molecule has 0 saturated carbocycles. The molecule has 2 atom stereocenters. The van der Waals surface area contributed by atoms with Crippen molar-refractivity contribution in [1.29, 1.82) is 0 Å². The lowest BCUT2D eigenvalue weighted by molar-refractivity contribution is 0.129. The van der Waals surface area contributed by atoms with Gasteiger partial charge in [0.25, 0.3) is 0 Å². The monoisotopic (exact) mass is 277 g/mol. The van der Waals surface area contributed by atoms with Gasteiger partial charge in [0, 0.05) is 6.54 Å². The Morgan fingerprint density at radius 2 is 2.00 bits per heavy atom. The van der Waals surface area contributed by atoms with Crippen molar-refractivity contribution in [2.75, 3.05) is 19.8 Å². The van der Waals surface area contributed by atoms with Gasteiger partial charge >= 0.3 is 6.09 Å². The quantitative estimate of drug-likeness (QED) is 0.852. The third-order valence-corrected chi connectivity index (χ3v) is 3.75. The Morgan fingerprint density at radius 3 is 2.75 bits per heavy atom. The molecule has 1 saturated heterocycles. The van der Waals surface area contributed by atoms with Crippen molar-refractivity contribution in [1.82, 2.24) is 4.90 Å². The number of hydrogen-bond acceptors (Lipinski definition) is 4. The summed E-state index contributed by atoms with van der Waals surface area (Å²) in [4.78, 5) is 13.7. The average Bonchev–Trinajstić information content (AvgIpc) is 2.75. The van der Waals surface area contributed by atoms with Gasteiger partial charge in [-0.15, -0.1) is 0 Å². The summed E-state index contributed by atoms with van der Waals surface area (Å²) in [5.74, 6) is 1.48. The molecule has 1 fully saturated rings. The smallest absolute Gasteiger partial charge is 0.410 e. The Hall–Kier alpha value is -1.91. The summed E-state index contributed by atoms with van der Waals surface area (Å²) in [6.45, 7) is 5.92. The predicted octanol–water partition coefficient (Wildman–Crippen LogP) is 2.75. The van der Waals surface area contributed by atoms with E-state index in [0.29, 0.717) is 13.2 Å². The third kappa shape index (κ3) is 2.17. The van der Waals surface area contributed by atoms with Crippen LogP contribution in [0.4, 0.5) is 4.79 Å². The van der Waals surface area contributed by atoms with E-state index in [-0.39, 0.29) is 18.2 Å². The van der Waals surface area contributed by atoms with Crippen LogP contribution in [-0.2, 0) is 4.74 Å². The molecule has 5 heteroatoms. The molecule has 108 valence electrons. The Morgan fingerprint density at radius 1 is 1.25 bits per heavy atom. The number of carbonyl (C=O) groups excluding carboxylic acids is 1. The molecule has 0 spiro atoms. The lowest BCUT2D eigenvalue weighted by Crippen LogP contribution is -2.32. The first kappa shape index (κ1) is 13.1. The van der Waals surface area contributed by atoms with Gasteiger partial charge in [0.05, 0.1) is 6.04 Å². The van der Waals surface area contributed by atoms with Crippen LogP contribution in [0, 0.1) is 0 Å². The first-order valence-electron chi connectivity index (χ1n) is 7.07. The van der Waals surface area contributed by atoms with Gasteiger partial charge in [-0.25, -0.2) is 4.79 Å². The molecule has 5 nitrogen and oxygen atoms in total. The largest absolute Gasteiger partial charge is 0.486 e. The number of hydrogen-bond donors (Lipinski definition) is 0. The maximum atomic E-state index is 11.9. The lowest BCUT2D eigenvalue weighted by Gasteiger charge is -2.22. The molecule has 2 aliphatic rings. The Bertz CT molecular complexity index is 517. The van der Waals surface area contributed by atoms with E-state index >= 15 is 0 Å². The van der Waals surface area contributed by atoms with Crippen molar-refractivity contribution >= 4 is 6.09 Å². The van der Waals surface area contributed by atoms with Crippen molar-refractivity contribution in [2.45, 2.75) is 32.4 Å². The first-order chi connectivity index (χ1) is 9.70. The summed E-state index contributed by atoms with van der Waals surface area (Å²) in [5.41, 5.74) is 0.953. The highest BCUT2D eigenvalue weighted by molar-refractivity contribution is 5.71. The number of cyclic esters (lactones) is 1. The second kappa shape index (κ2) is 5.23. The number of carbonyl (C=O) groups is 1. The zero-order valence-electron chi connectivity index (χ0n) is 11.8. The van der Waals surface area contributed by atoms with E-state index < -0.39 is 0 Å². The molecule has 0 bridgehead atoms. The van der Waals surface area contributed by atoms with Gasteiger partial charge in [0.1, 0.15) is 19.3 Å². The Labute approximate surface area is 118 Å². The van der Waals surface area contributed by atoms with Gasteiger partial charge in [-0.2, -0.15) is 0 Å². The maximum absolute atomic E-state index is 11.9. The van der Waals surface area contributed by atoms with Gasteiger partial charge in [0.2, 0.25) is 0 Å². The van der Waals surface area contributed by atoms with Crippen LogP contribution >= 0.6 is 0 Å². The van der Waals surface area contributed by atoms with E-state index in [4.69, 9.17) is 14.2 Å². The number of amides is 1. The molecule has 0 aliphatic carbocycles. The van der Waals surface area contributed by atoms with Crippen LogP contribution in [0.5, 0.6) is 11.5 Å². The summed E-state index contributed by atoms with van der Waals surface area (Å²) < 4.78 is 16.6. The van der Waals surface area contributed by atoms with Crippen LogP contribution in [0.1, 0.15) is 31.9 Å². The minimum absolute atomic E-state index is 0.0324. The molecular weight excluding hydrogens is 258 g/mol. The number of ether oxygens (including phenoxy) is 3. The van der Waals surface area contributed by atoms with Crippen LogP contribution in [0.25, 0.3) is 0 Å². The van der Waals surface area contributed by atoms with E-state index in [1.54, 1.807) is 4.90 Å². The highest BCUT2D eigenvalue weighted by atomic mass is 16.6. The maximum Gasteiger partial charge on any atom is 0.410 e. The fourth-order valence-corrected chi connectivity index (χ4v) is 2.72. The molecule has 0 radical (unpaired) electrons. The molecular formula is C15H19NO4. The lowest BCUT2D eigenvalue weighted by atomic mass is 10.0. The number of benzene rings is 1. The molecule has 2 heterocycles. The highest BCUT2D eigenvalue weighted by Crippen LogP contribution is 2.38. The zero-order chi connectivity index (χ0) is 14.1. The minimum Gasteiger partial charge on any atom is -0.486 e. The van der Waals surface area contributed by atoms with Crippen molar-refractivity contribution in [3.05, 3.63) is 23.8 Å². The predicted molar refractivity (Wildman–Crippen MR) is 73.1 cm³/mol. The van der Waals surface area contributed by atoms with E-state index in [9.17, 15) is 4.79 Å². The van der Waals surface area contributed by atoms with E-state index in [1.807, 2.05) is 25.1 Å². The second-order valence-electron chi connectivity index (χ2n) is 5.14. The SMILES string of the molecule is CCCN1C(=O)OC(c2ccc3c(c2)OCCO3)[C@@H]1C. The summed E-state index contributed by atoms with van der Waals surface area (Å²) >= 11 is 0. The fraction of sp³-hybridized carbons (Fsp3) is 0.533. The molecule has 2 aliphatic heterocycles. The summed E-state index contributed by atoms with van der Waals surface area (Å²) in [5, 5.41) is 0. The normalized spacial score (nSPS) is 24.7. The molecule has 1 aromatic carbocycles. The van der Waals surface area contributed by atoms with Crippen LogP contribution < -0.4 is 9.47 Å². The highest BCUT2D eigenvalue weighted by Gasteiger charge is 2.39. The summed E-state index contributed by atoms with van der Waals surface area (Å²) in [7, 11) is 0. The van der Waals surface area contributed by atoms with Gasteiger partial charge in [-0.3, -0.25) is 0 Å². The number of nitrogens with zero attached hydrogens (tertiary/aromatic N) is 1. The van der Waals surface area contributed by atoms with Gasteiger partial charge < -0.3 is 19.1 Å². The molecule has 0 N–H and O–H groups in total. The van der Waals surface area contributed by atoms with Gasteiger partial charge in [0.15, 0.2) is 11.5 Å². The van der Waals surface area contributed by atoms with Crippen molar-refractivity contribution in [2.24, 2.45) is 0 Å². The van der Waals surface area contributed by atoms with Crippen LogP contribution in [0.15, 0.2) is 18.2 Å². The van der Waals surface area contributed by atoms with Gasteiger partial charge in [-0.1, -0.05) is 13.0 Å². The second-order valence-corrected chi connectivity index (χ2v) is 5.14. The third-order valence-electron chi connectivity index (χ3n) is 3.75. The Kier molecular flexibility index (Phi) is 3.42. The van der Waals surface area contributed by atoms with Crippen LogP contribution in [0.2, 0.25) is 0 Å². The summed E-state index contributed by atoms with van der Waals surface area (Å²) in [6, 6.07) is 5.77. The molecule has 20 heavy (non-hydrogen) atoms. The first-order valence-corrected chi connectivity index (χ1v) is 7.07. The molecule has 1 amide bonds. The molecule has 3 rings (SSSR count). The Balaban J connectivity index is 1.84. The van der Waals surface area contributed by atoms with E-state index in [1.165, 1.54) is 0 Å². The number of rotatable bonds is 3. The van der Waals surface area contributed by atoms with Crippen molar-refractivity contribution < 1.29 is 19.0 Å². The van der Waals surface area contributed by atoms with Crippen LogP contribution in [-0.4, -0.2) is 36.8 Å². The molecule has 1 unspecified atom stereocenters. The minimum atomic E-state index is -0.245. The fourth-order valence-electron chi connectivity index (χ4n) is 2.72. The standard InChI is InChI=1S/C15H19NO4/c1-3-6-16-10(2)14(20-15(16)17)11-4-5-12-13(9-11)19-8-7-18-12/h4-5,9-10,14H,3,6-8H2,1-2H3/t10-,14?/m0/s1. The van der Waals surface area contributed by atoms with Crippen molar-refractivity contribution in [3.8, 4) is 11.5 Å². The zero-order valence-corrected chi connectivity index (χ0v) is 11.8. The average molecular weight is 277 g/mol. The van der Waals surface area contributed by atoms with E-state index in [0.717, 1.165) is 30.0 Å². The van der Waals surface area contributed by atoms with E-state index in [2.05, 4.69) is 6.92 Å². The molecule has 0 aromatic heterocycles. The molecule has 1 aromatic rings. The topological polar surface area (TPSA) is 48.0 Å². The number of fused-ring (bicyclic) bond motifs is 1. The van der Waals surface area contributed by atoms with Gasteiger partial charge in [-0.05, 0) is 31.0 Å². The van der Waals surface area contributed by atoms with Crippen LogP contribution in [0.3, 0.4) is 0 Å². The van der Waals surface area contributed by atoms with Crippen molar-refractivity contribution in [3.63, 3.8) is 0 Å².